The van der Waals surface area contributed by atoms with E-state index in [1.165, 1.54) is 55.4 Å². The number of hydrogen-bond donors (Lipinski definition) is 10. The number of ether oxygens (including phenoxy) is 8. The predicted octanol–water partition coefficient (Wildman–Crippen LogP) is -3.09. The smallest absolute Gasteiger partial charge is 0.394 e. The van der Waals surface area contributed by atoms with Crippen LogP contribution in [0, 0.1) is 5.92 Å². The lowest BCUT2D eigenvalue weighted by atomic mass is 9.73. The molecule has 4 saturated heterocycles. The lowest BCUT2D eigenvalue weighted by molar-refractivity contribution is -0.301. The van der Waals surface area contributed by atoms with E-state index >= 15 is 0 Å². The van der Waals surface area contributed by atoms with Crippen LogP contribution in [0.5, 0.6) is 0 Å². The third-order valence-corrected chi connectivity index (χ3v) is 13.2. The summed E-state index contributed by atoms with van der Waals surface area (Å²) >= 11 is 0. The second kappa shape index (κ2) is 26.2. The zero-order valence-corrected chi connectivity index (χ0v) is 43.4. The number of aliphatic imine (C=N–C) groups is 2. The first kappa shape index (κ1) is 60.9. The number of nitrogens with one attached hydrogen (secondary N) is 3. The van der Waals surface area contributed by atoms with Gasteiger partial charge in [0.15, 0.2) is 30.9 Å². The fourth-order valence-electron chi connectivity index (χ4n) is 9.97. The summed E-state index contributed by atoms with van der Waals surface area (Å²) in [4.78, 5) is 87.9. The molecule has 21 unspecified atom stereocenters. The third kappa shape index (κ3) is 15.5. The van der Waals surface area contributed by atoms with Crippen LogP contribution in [-0.2, 0) is 71.3 Å². The molecule has 0 spiro atoms. The largest absolute Gasteiger partial charge is 0.479 e. The molecule has 4 aliphatic heterocycles. The highest BCUT2D eigenvalue weighted by Gasteiger charge is 2.60. The van der Waals surface area contributed by atoms with Crippen molar-refractivity contribution < 1.29 is 91.7 Å². The van der Waals surface area contributed by atoms with Crippen molar-refractivity contribution >= 4 is 54.9 Å². The number of aliphatic hydroxyl groups excluding tert-OH is 3. The molecule has 3 amide bonds. The maximum absolute atomic E-state index is 13.9. The third-order valence-electron chi connectivity index (χ3n) is 13.2. The highest BCUT2D eigenvalue weighted by Crippen LogP contribution is 2.42. The Hall–Kier alpha value is -4.62. The number of carboxylic acid groups (broad SMARTS) is 1. The summed E-state index contributed by atoms with van der Waals surface area (Å²) < 4.78 is 55.4. The second-order valence-corrected chi connectivity index (χ2v) is 19.4. The molecule has 4 aliphatic rings. The van der Waals surface area contributed by atoms with E-state index in [4.69, 9.17) is 59.7 Å². The van der Waals surface area contributed by atoms with Crippen LogP contribution in [0.4, 0.5) is 0 Å². The minimum Gasteiger partial charge on any atom is -0.479 e. The summed E-state index contributed by atoms with van der Waals surface area (Å²) in [5.74, 6) is -6.39. The lowest BCUT2D eigenvalue weighted by Crippen LogP contribution is -2.73. The highest BCUT2D eigenvalue weighted by molar-refractivity contribution is 6.22. The molecule has 28 heteroatoms. The zero-order valence-electron chi connectivity index (χ0n) is 43.4. The van der Waals surface area contributed by atoms with Gasteiger partial charge in [0.05, 0.1) is 72.3 Å². The summed E-state index contributed by atoms with van der Waals surface area (Å²) in [5.41, 5.74) is 15.9. The van der Waals surface area contributed by atoms with E-state index in [-0.39, 0.29) is 18.1 Å². The number of carbonyl (C=O) groups is 6. The van der Waals surface area contributed by atoms with Gasteiger partial charge in [0, 0.05) is 33.6 Å². The van der Waals surface area contributed by atoms with Crippen molar-refractivity contribution in [2.45, 2.75) is 230 Å². The summed E-state index contributed by atoms with van der Waals surface area (Å²) in [7, 11) is 0.872. The van der Waals surface area contributed by atoms with Crippen LogP contribution in [0.2, 0.25) is 0 Å². The Labute approximate surface area is 424 Å². The van der Waals surface area contributed by atoms with E-state index < -0.39 is 182 Å². The average Bonchev–Trinajstić information content (AvgIpc) is 3.26. The van der Waals surface area contributed by atoms with E-state index in [1.807, 2.05) is 0 Å². The molecule has 413 valence electrons. The molecule has 0 aliphatic carbocycles. The minimum absolute atomic E-state index is 0.00839. The number of aliphatic hydroxyl groups is 3. The topological polar surface area (TPSA) is 405 Å². The highest BCUT2D eigenvalue weighted by atomic mass is 16.7. The number of amides is 3. The average molecular weight is 1040 g/mol. The van der Waals surface area contributed by atoms with Gasteiger partial charge in [-0.05, 0) is 61.3 Å². The molecule has 0 aromatic carbocycles. The van der Waals surface area contributed by atoms with Crippen LogP contribution < -0.4 is 33.1 Å². The molecule has 0 saturated carbocycles. The summed E-state index contributed by atoms with van der Waals surface area (Å²) in [5, 5.41) is 52.9. The van der Waals surface area contributed by atoms with E-state index in [1.54, 1.807) is 20.8 Å². The number of esters is 2. The lowest BCUT2D eigenvalue weighted by Gasteiger charge is -2.54. The van der Waals surface area contributed by atoms with Crippen molar-refractivity contribution in [2.75, 3.05) is 0 Å². The summed E-state index contributed by atoms with van der Waals surface area (Å²) in [6.45, 7) is 16.8. The maximum Gasteiger partial charge on any atom is 0.394 e. The van der Waals surface area contributed by atoms with Gasteiger partial charge in [0.25, 0.3) is 0 Å². The number of aliphatic carboxylic acids is 1. The monoisotopic (exact) mass is 1040 g/mol. The molecule has 27 nitrogen and oxygen atoms in total. The molecule has 13 N–H and O–H groups in total. The fourth-order valence-corrected chi connectivity index (χ4v) is 9.97. The van der Waals surface area contributed by atoms with Crippen LogP contribution >= 0.6 is 0 Å². The zero-order chi connectivity index (χ0) is 55.0. The first-order chi connectivity index (χ1) is 34.0. The molecule has 22 atom stereocenters. The predicted molar refractivity (Wildman–Crippen MR) is 256 cm³/mol. The van der Waals surface area contributed by atoms with Crippen molar-refractivity contribution in [1.82, 2.24) is 16.0 Å². The Morgan fingerprint density at radius 2 is 1.25 bits per heavy atom. The van der Waals surface area contributed by atoms with E-state index in [0.717, 1.165) is 14.5 Å². The van der Waals surface area contributed by atoms with Gasteiger partial charge in [-0.2, -0.15) is 0 Å². The number of rotatable bonds is 20. The molecule has 0 aromatic rings. The Balaban J connectivity index is 1.89. The van der Waals surface area contributed by atoms with Crippen LogP contribution in [0.1, 0.15) is 102 Å². The Kier molecular flexibility index (Phi) is 21.9. The molecular weight excluding hydrogens is 967 g/mol. The van der Waals surface area contributed by atoms with Crippen molar-refractivity contribution in [3.8, 4) is 0 Å². The van der Waals surface area contributed by atoms with Gasteiger partial charge >= 0.3 is 25.5 Å². The first-order valence-corrected chi connectivity index (χ1v) is 24.2. The van der Waals surface area contributed by atoms with E-state index in [9.17, 15) is 49.2 Å². The molecule has 4 rings (SSSR count). The van der Waals surface area contributed by atoms with E-state index in [0.29, 0.717) is 0 Å². The number of carboxylic acids is 1. The molecule has 4 fully saturated rings. The van der Waals surface area contributed by atoms with Gasteiger partial charge in [-0.3, -0.25) is 34.0 Å². The Morgan fingerprint density at radius 1 is 0.726 bits per heavy atom. The van der Waals surface area contributed by atoms with Crippen molar-refractivity contribution in [1.29, 1.82) is 0 Å². The summed E-state index contributed by atoms with van der Waals surface area (Å²) in [6.07, 6.45) is -20.7. The molecule has 1 radical (unpaired) electrons. The molecule has 0 bridgehead atoms. The van der Waals surface area contributed by atoms with Crippen LogP contribution in [0.25, 0.3) is 0 Å². The fraction of sp³-hybridized carbons (Fsp3) is 0.822. The number of nitrogens with two attached hydrogens (primary N) is 3. The van der Waals surface area contributed by atoms with Gasteiger partial charge in [0.2, 0.25) is 17.7 Å². The van der Waals surface area contributed by atoms with Crippen LogP contribution in [0.15, 0.2) is 9.98 Å². The minimum atomic E-state index is -1.87. The number of nitrogens with zero attached hydrogens (tertiary/aromatic N) is 2. The molecule has 73 heavy (non-hydrogen) atoms. The molecule has 4 heterocycles. The molecule has 0 aromatic heterocycles. The number of carbonyl (C=O) groups excluding carboxylic acids is 5. The maximum atomic E-state index is 13.9. The van der Waals surface area contributed by atoms with Gasteiger partial charge in [-0.1, -0.05) is 6.92 Å². The van der Waals surface area contributed by atoms with Gasteiger partial charge < -0.3 is 96.0 Å². The standard InChI is InChI=1S/C45H76BN8O19/c1-13-45(12,72-36-19(5)67-44(73-46-49)33(51-21(7)48)40(36)69-25(11)59)41-31(53-23(9)57)29(54-28(60)14-16(2)55)26(37(70-41)42(63)64)15-27-30(52-22(8)56)38(34(61)17(3)65-27)71-43-32(50-20(6)47)39(68-24(10)58)35(62)18(4)66-43/h16-19,26-27,29-41,43-44,55,61-62H,13-15,49H2,1-12H3,(H2,47,50)(H2,48,51)(H,52,56)(H,53,57)(H,54,60)(H,63,64)/t16-,17?,18?,19?,26?,27?,29?,30?,31?,32?,33?,34?,35?,36?,37?,38?,39?,40?,41?,43?,44?,45?/m1/s1. The normalized spacial score (nSPS) is 38.4. The quantitative estimate of drug-likeness (QED) is 0.0250. The van der Waals surface area contributed by atoms with Crippen LogP contribution in [0.3, 0.4) is 0 Å². The van der Waals surface area contributed by atoms with Gasteiger partial charge in [-0.15, -0.1) is 0 Å². The summed E-state index contributed by atoms with van der Waals surface area (Å²) in [6, 6.07) is -6.56. The Morgan fingerprint density at radius 3 is 1.75 bits per heavy atom. The number of amidine groups is 2. The van der Waals surface area contributed by atoms with Gasteiger partial charge in [0.1, 0.15) is 42.6 Å². The van der Waals surface area contributed by atoms with Crippen molar-refractivity contribution in [3.63, 3.8) is 0 Å². The van der Waals surface area contributed by atoms with Gasteiger partial charge in [-0.25, -0.2) is 4.79 Å². The first-order valence-electron chi connectivity index (χ1n) is 24.2. The van der Waals surface area contributed by atoms with Crippen LogP contribution in [-0.4, -0.2) is 203 Å². The molecular formula is C45H76BN8O19. The van der Waals surface area contributed by atoms with E-state index in [2.05, 4.69) is 25.9 Å². The van der Waals surface area contributed by atoms with Crippen molar-refractivity contribution in [3.05, 3.63) is 0 Å². The SMILES string of the molecule is CCC(C)(OC1C(C)OC(O[B]N)C(N=C(C)N)C1OC(C)=O)C1OC(C(=O)O)C(CC2OC(C)C(O)C(OC3OC(C)C(O)C(OC(C)=O)C3N=C(C)N)C2NC(C)=O)C(NC(=O)C[C@@H](C)O)C1NC(C)=O. The van der Waals surface area contributed by atoms with Crippen molar-refractivity contribution in [2.24, 2.45) is 33.0 Å². The second-order valence-electron chi connectivity index (χ2n) is 19.4. The number of hydrogen-bond acceptors (Lipinski definition) is 21. The Bertz CT molecular complexity index is 2000.